The van der Waals surface area contributed by atoms with Gasteiger partial charge in [-0.25, -0.2) is 0 Å². The van der Waals surface area contributed by atoms with Crippen LogP contribution >= 0.6 is 23.1 Å². The third-order valence-electron chi connectivity index (χ3n) is 4.92. The van der Waals surface area contributed by atoms with Crippen molar-refractivity contribution in [1.82, 2.24) is 0 Å². The van der Waals surface area contributed by atoms with Crippen LogP contribution in [0.5, 0.6) is 0 Å². The van der Waals surface area contributed by atoms with Crippen LogP contribution in [0, 0.1) is 0 Å². The summed E-state index contributed by atoms with van der Waals surface area (Å²) in [7, 11) is 0. The summed E-state index contributed by atoms with van der Waals surface area (Å²) in [5, 5.41) is 14.9. The Morgan fingerprint density at radius 3 is 2.77 bits per heavy atom. The molecule has 0 spiro atoms. The smallest absolute Gasteiger partial charge is 0.263 e. The second kappa shape index (κ2) is 5.52. The van der Waals surface area contributed by atoms with Crippen LogP contribution in [0.3, 0.4) is 0 Å². The second-order valence-electron chi connectivity index (χ2n) is 7.21. The van der Waals surface area contributed by atoms with E-state index in [-0.39, 0.29) is 22.9 Å². The molecule has 0 N–H and O–H groups in total. The van der Waals surface area contributed by atoms with Crippen LogP contribution in [0.2, 0.25) is 0 Å². The quantitative estimate of drug-likeness (QED) is 0.754. The molecule has 3 aliphatic rings. The van der Waals surface area contributed by atoms with Gasteiger partial charge in [-0.15, -0.1) is 11.3 Å². The summed E-state index contributed by atoms with van der Waals surface area (Å²) in [5.41, 5.74) is 1.84. The first-order valence-electron chi connectivity index (χ1n) is 8.45. The maximum atomic E-state index is 13.5. The Morgan fingerprint density at radius 2 is 2.00 bits per heavy atom. The van der Waals surface area contributed by atoms with Gasteiger partial charge >= 0.3 is 0 Å². The molecule has 0 aliphatic carbocycles. The predicted octanol–water partition coefficient (Wildman–Crippen LogP) is 3.26. The Labute approximate surface area is 159 Å². The minimum Gasteiger partial charge on any atom is -0.860 e. The van der Waals surface area contributed by atoms with E-state index in [2.05, 4.69) is 0 Å². The van der Waals surface area contributed by atoms with Crippen LogP contribution in [0.25, 0.3) is 0 Å². The molecule has 26 heavy (non-hydrogen) atoms. The fourth-order valence-electron chi connectivity index (χ4n) is 3.71. The molecule has 1 atom stereocenters. The lowest BCUT2D eigenvalue weighted by Gasteiger charge is -2.42. The van der Waals surface area contributed by atoms with Gasteiger partial charge in [-0.2, -0.15) is 0 Å². The van der Waals surface area contributed by atoms with Crippen LogP contribution < -0.4 is 14.9 Å². The van der Waals surface area contributed by atoms with Crippen molar-refractivity contribution in [2.24, 2.45) is 0 Å². The summed E-state index contributed by atoms with van der Waals surface area (Å²) in [4.78, 5) is 18.1. The Kier molecular flexibility index (Phi) is 3.44. The van der Waals surface area contributed by atoms with Gasteiger partial charge in [0.1, 0.15) is 5.00 Å². The highest BCUT2D eigenvalue weighted by molar-refractivity contribution is 8.03. The largest absolute Gasteiger partial charge is 0.860 e. The lowest BCUT2D eigenvalue weighted by Crippen LogP contribution is -2.52. The molecule has 5 nitrogen and oxygen atoms in total. The number of para-hydroxylation sites is 1. The molecule has 0 saturated carbocycles. The maximum absolute atomic E-state index is 13.5. The van der Waals surface area contributed by atoms with Gasteiger partial charge in [-0.05, 0) is 42.8 Å². The number of ether oxygens (including phenoxy) is 1. The fraction of sp³-hybridized carbons (Fsp3) is 0.316. The third kappa shape index (κ3) is 2.24. The molecule has 7 heteroatoms. The standard InChI is InChI=1S/C19H18N2O3S2/c1-19(2)8-12-13(9-24-19)26-17-15(12)16(23)20(11-6-4-3-5-7-11)18-21(17)14(22)10-25-18/h3-7,10,18,22H,8-9H2,1-2H3/p-1. The Balaban J connectivity index is 1.70. The molecule has 0 saturated heterocycles. The average molecular weight is 385 g/mol. The first-order valence-corrected chi connectivity index (χ1v) is 10.2. The predicted molar refractivity (Wildman–Crippen MR) is 102 cm³/mol. The number of carbonyl (C=O) groups excluding carboxylic acids is 1. The van der Waals surface area contributed by atoms with E-state index < -0.39 is 0 Å². The van der Waals surface area contributed by atoms with Gasteiger partial charge in [-0.1, -0.05) is 30.0 Å². The highest BCUT2D eigenvalue weighted by atomic mass is 32.2. The van der Waals surface area contributed by atoms with Gasteiger partial charge < -0.3 is 14.7 Å². The SMILES string of the molecule is CC1(C)Cc2c(sc3c2C(=O)N(c2ccccc2)C2SC=C([O-])N32)CO1. The molecular formula is C19H17N2O3S2-. The minimum atomic E-state index is -0.362. The number of amides is 1. The van der Waals surface area contributed by atoms with Crippen LogP contribution in [-0.2, 0) is 17.8 Å². The molecule has 2 aromatic rings. The van der Waals surface area contributed by atoms with Crippen molar-refractivity contribution in [1.29, 1.82) is 0 Å². The topological polar surface area (TPSA) is 55.8 Å². The molecule has 134 valence electrons. The number of benzene rings is 1. The summed E-state index contributed by atoms with van der Waals surface area (Å²) in [6.45, 7) is 4.56. The summed E-state index contributed by atoms with van der Waals surface area (Å²) in [5.74, 6) is -0.0910. The molecular weight excluding hydrogens is 368 g/mol. The molecule has 1 aromatic heterocycles. The summed E-state index contributed by atoms with van der Waals surface area (Å²) >= 11 is 2.90. The summed E-state index contributed by atoms with van der Waals surface area (Å²) < 4.78 is 5.92. The monoisotopic (exact) mass is 385 g/mol. The number of carbonyl (C=O) groups is 1. The van der Waals surface area contributed by atoms with Crippen LogP contribution in [0.1, 0.15) is 34.6 Å². The lowest BCUT2D eigenvalue weighted by atomic mass is 9.92. The van der Waals surface area contributed by atoms with E-state index in [1.807, 2.05) is 44.2 Å². The molecule has 0 radical (unpaired) electrons. The summed E-state index contributed by atoms with van der Waals surface area (Å²) in [6.07, 6.45) is 0.673. The highest BCUT2D eigenvalue weighted by Crippen LogP contribution is 2.51. The van der Waals surface area contributed by atoms with E-state index >= 15 is 0 Å². The number of hydrogen-bond donors (Lipinski definition) is 0. The molecule has 1 aromatic carbocycles. The number of fused-ring (bicyclic) bond motifs is 5. The van der Waals surface area contributed by atoms with Gasteiger partial charge in [0, 0.05) is 17.0 Å². The Bertz CT molecular complexity index is 936. The zero-order valence-corrected chi connectivity index (χ0v) is 16.0. The maximum Gasteiger partial charge on any atom is 0.263 e. The van der Waals surface area contributed by atoms with Crippen molar-refractivity contribution in [2.45, 2.75) is 38.0 Å². The van der Waals surface area contributed by atoms with Gasteiger partial charge in [0.25, 0.3) is 5.91 Å². The molecule has 4 heterocycles. The molecule has 0 fully saturated rings. The number of thiophene rings is 1. The van der Waals surface area contributed by atoms with E-state index in [0.29, 0.717) is 18.6 Å². The third-order valence-corrected chi connectivity index (χ3v) is 7.13. The minimum absolute atomic E-state index is 0.0294. The van der Waals surface area contributed by atoms with Gasteiger partial charge in [-0.3, -0.25) is 9.69 Å². The number of nitrogens with zero attached hydrogens (tertiary/aromatic N) is 2. The van der Waals surface area contributed by atoms with Crippen molar-refractivity contribution in [2.75, 3.05) is 9.80 Å². The Hall–Kier alpha value is -1.96. The van der Waals surface area contributed by atoms with Crippen LogP contribution in [0.15, 0.2) is 41.6 Å². The zero-order chi connectivity index (χ0) is 18.1. The number of thioether (sulfide) groups is 1. The van der Waals surface area contributed by atoms with Crippen molar-refractivity contribution < 1.29 is 14.6 Å². The van der Waals surface area contributed by atoms with Crippen molar-refractivity contribution >= 4 is 39.7 Å². The van der Waals surface area contributed by atoms with E-state index in [9.17, 15) is 9.90 Å². The number of rotatable bonds is 1. The van der Waals surface area contributed by atoms with Gasteiger partial charge in [0.2, 0.25) is 0 Å². The van der Waals surface area contributed by atoms with E-state index in [1.54, 1.807) is 15.2 Å². The Morgan fingerprint density at radius 1 is 1.23 bits per heavy atom. The van der Waals surface area contributed by atoms with Crippen molar-refractivity contribution in [3.05, 3.63) is 57.6 Å². The molecule has 3 aliphatic heterocycles. The molecule has 5 rings (SSSR count). The fourth-order valence-corrected chi connectivity index (χ4v) is 6.04. The van der Waals surface area contributed by atoms with E-state index in [1.165, 1.54) is 23.1 Å². The van der Waals surface area contributed by atoms with Gasteiger partial charge in [0.15, 0.2) is 5.50 Å². The normalized spacial score (nSPS) is 23.4. The molecule has 1 amide bonds. The van der Waals surface area contributed by atoms with Crippen molar-refractivity contribution in [3.63, 3.8) is 0 Å². The molecule has 0 bridgehead atoms. The first-order chi connectivity index (χ1) is 12.5. The number of hydrogen-bond acceptors (Lipinski definition) is 6. The molecule has 1 unspecified atom stereocenters. The van der Waals surface area contributed by atoms with Gasteiger partial charge in [0.05, 0.1) is 17.8 Å². The van der Waals surface area contributed by atoms with Crippen LogP contribution in [-0.4, -0.2) is 17.0 Å². The first kappa shape index (κ1) is 16.2. The average Bonchev–Trinajstić information content (AvgIpc) is 3.16. The number of anilines is 2. The lowest BCUT2D eigenvalue weighted by molar-refractivity contribution is -0.304. The second-order valence-corrected chi connectivity index (χ2v) is 9.22. The highest BCUT2D eigenvalue weighted by Gasteiger charge is 2.45. The summed E-state index contributed by atoms with van der Waals surface area (Å²) in [6, 6.07) is 9.57. The van der Waals surface area contributed by atoms with E-state index in [0.717, 1.165) is 21.1 Å². The zero-order valence-electron chi connectivity index (χ0n) is 14.4. The van der Waals surface area contributed by atoms with Crippen LogP contribution in [0.4, 0.5) is 10.7 Å². The van der Waals surface area contributed by atoms with E-state index in [4.69, 9.17) is 4.74 Å². The van der Waals surface area contributed by atoms with Crippen molar-refractivity contribution in [3.8, 4) is 0 Å².